The Balaban J connectivity index is 1.56. The van der Waals surface area contributed by atoms with Crippen molar-refractivity contribution < 1.29 is 9.59 Å². The normalized spacial score (nSPS) is 17.1. The number of aromatic amines is 1. The van der Waals surface area contributed by atoms with Crippen LogP contribution < -0.4 is 10.2 Å². The number of benzene rings is 1. The molecular weight excluding hydrogens is 330 g/mol. The lowest BCUT2D eigenvalue weighted by atomic mass is 10.1. The maximum atomic E-state index is 12.7. The number of hydrogen-bond acceptors (Lipinski definition) is 4. The van der Waals surface area contributed by atoms with Gasteiger partial charge in [-0.15, -0.1) is 0 Å². The Bertz CT molecular complexity index is 997. The molecule has 2 amide bonds. The highest BCUT2D eigenvalue weighted by atomic mass is 16.2. The Morgan fingerprint density at radius 1 is 1.27 bits per heavy atom. The number of aryl methyl sites for hydroxylation is 2. The summed E-state index contributed by atoms with van der Waals surface area (Å²) in [6.07, 6.45) is 2.16. The Kier molecular flexibility index (Phi) is 3.91. The van der Waals surface area contributed by atoms with Crippen molar-refractivity contribution in [3.8, 4) is 0 Å². The Morgan fingerprint density at radius 2 is 2.12 bits per heavy atom. The van der Waals surface area contributed by atoms with Gasteiger partial charge in [0.1, 0.15) is 11.9 Å². The summed E-state index contributed by atoms with van der Waals surface area (Å²) < 4.78 is 0. The summed E-state index contributed by atoms with van der Waals surface area (Å²) in [7, 11) is 0. The summed E-state index contributed by atoms with van der Waals surface area (Å²) >= 11 is 0. The van der Waals surface area contributed by atoms with Crippen LogP contribution in [0.3, 0.4) is 0 Å². The molecule has 3 heterocycles. The quantitative estimate of drug-likeness (QED) is 0.758. The number of pyridine rings is 1. The number of nitrogens with zero attached hydrogens (tertiary/aromatic N) is 3. The van der Waals surface area contributed by atoms with E-state index in [0.29, 0.717) is 30.0 Å². The second kappa shape index (κ2) is 6.25. The van der Waals surface area contributed by atoms with Crippen LogP contribution in [0.1, 0.15) is 28.0 Å². The second-order valence-electron chi connectivity index (χ2n) is 6.56. The summed E-state index contributed by atoms with van der Waals surface area (Å²) in [5.41, 5.74) is 3.10. The van der Waals surface area contributed by atoms with Crippen molar-refractivity contribution in [3.63, 3.8) is 0 Å². The predicted octanol–water partition coefficient (Wildman–Crippen LogP) is 2.11. The van der Waals surface area contributed by atoms with Gasteiger partial charge in [-0.1, -0.05) is 11.6 Å². The molecule has 1 aromatic carbocycles. The van der Waals surface area contributed by atoms with Gasteiger partial charge in [-0.2, -0.15) is 5.10 Å². The van der Waals surface area contributed by atoms with E-state index in [-0.39, 0.29) is 11.8 Å². The zero-order valence-corrected chi connectivity index (χ0v) is 14.6. The molecule has 1 unspecified atom stereocenters. The van der Waals surface area contributed by atoms with E-state index >= 15 is 0 Å². The molecule has 0 bridgehead atoms. The Hall–Kier alpha value is -3.22. The van der Waals surface area contributed by atoms with Crippen molar-refractivity contribution in [1.29, 1.82) is 0 Å². The first-order valence-electron chi connectivity index (χ1n) is 8.52. The third-order valence-corrected chi connectivity index (χ3v) is 4.69. The first-order chi connectivity index (χ1) is 12.5. The van der Waals surface area contributed by atoms with Crippen molar-refractivity contribution in [3.05, 3.63) is 53.3 Å². The van der Waals surface area contributed by atoms with Crippen LogP contribution in [0.25, 0.3) is 10.9 Å². The molecule has 0 radical (unpaired) electrons. The minimum Gasteiger partial charge on any atom is -0.340 e. The minimum absolute atomic E-state index is 0.134. The summed E-state index contributed by atoms with van der Waals surface area (Å²) in [5.74, 6) is 0.235. The number of carbonyl (C=O) groups excluding carboxylic acids is 2. The average Bonchev–Trinajstić information content (AvgIpc) is 3.25. The molecule has 2 N–H and O–H groups in total. The van der Waals surface area contributed by atoms with E-state index < -0.39 is 6.04 Å². The molecule has 1 atom stereocenters. The fraction of sp³-hybridized carbons (Fsp3) is 0.263. The SMILES string of the molecule is Cc1ccc2nc(C)c(C(=O)NC3CCN(c4ccn[nH]4)C3=O)cc2c1. The zero-order valence-electron chi connectivity index (χ0n) is 14.6. The van der Waals surface area contributed by atoms with Gasteiger partial charge in [0.05, 0.1) is 23.0 Å². The van der Waals surface area contributed by atoms with Gasteiger partial charge in [-0.3, -0.25) is 24.6 Å². The van der Waals surface area contributed by atoms with Gasteiger partial charge in [-0.05, 0) is 38.5 Å². The van der Waals surface area contributed by atoms with Crippen LogP contribution in [0.4, 0.5) is 5.82 Å². The molecule has 1 fully saturated rings. The lowest BCUT2D eigenvalue weighted by molar-refractivity contribution is -0.118. The van der Waals surface area contributed by atoms with E-state index in [1.54, 1.807) is 17.2 Å². The predicted molar refractivity (Wildman–Crippen MR) is 98.0 cm³/mol. The first-order valence-corrected chi connectivity index (χ1v) is 8.52. The highest BCUT2D eigenvalue weighted by Gasteiger charge is 2.34. The van der Waals surface area contributed by atoms with Gasteiger partial charge in [0.2, 0.25) is 0 Å². The van der Waals surface area contributed by atoms with E-state index in [2.05, 4.69) is 20.5 Å². The molecule has 3 aromatic rings. The molecule has 2 aromatic heterocycles. The third kappa shape index (κ3) is 2.81. The molecule has 0 saturated carbocycles. The van der Waals surface area contributed by atoms with Crippen molar-refractivity contribution in [2.24, 2.45) is 0 Å². The topological polar surface area (TPSA) is 91.0 Å². The highest BCUT2D eigenvalue weighted by molar-refractivity contribution is 6.04. The third-order valence-electron chi connectivity index (χ3n) is 4.69. The second-order valence-corrected chi connectivity index (χ2v) is 6.56. The van der Waals surface area contributed by atoms with Crippen LogP contribution in [0.15, 0.2) is 36.5 Å². The number of amides is 2. The molecule has 132 valence electrons. The van der Waals surface area contributed by atoms with Crippen LogP contribution in [0, 0.1) is 13.8 Å². The minimum atomic E-state index is -0.543. The number of hydrogen-bond donors (Lipinski definition) is 2. The number of nitrogens with one attached hydrogen (secondary N) is 2. The largest absolute Gasteiger partial charge is 0.340 e. The molecule has 0 aliphatic carbocycles. The van der Waals surface area contributed by atoms with Crippen LogP contribution in [-0.4, -0.2) is 39.6 Å². The van der Waals surface area contributed by atoms with E-state index in [0.717, 1.165) is 16.5 Å². The summed E-state index contributed by atoms with van der Waals surface area (Å²) in [5, 5.41) is 10.4. The molecule has 26 heavy (non-hydrogen) atoms. The molecule has 1 aliphatic heterocycles. The molecule has 7 heteroatoms. The standard InChI is InChI=1S/C19H19N5O2/c1-11-3-4-15-13(9-11)10-14(12(2)21-15)18(25)22-16-6-8-24(19(16)26)17-5-7-20-23-17/h3-5,7,9-10,16H,6,8H2,1-2H3,(H,20,23)(H,22,25). The molecule has 0 spiro atoms. The smallest absolute Gasteiger partial charge is 0.253 e. The maximum Gasteiger partial charge on any atom is 0.253 e. The Morgan fingerprint density at radius 3 is 2.88 bits per heavy atom. The molecule has 1 saturated heterocycles. The fourth-order valence-corrected chi connectivity index (χ4v) is 3.31. The van der Waals surface area contributed by atoms with Crippen molar-refractivity contribution in [2.45, 2.75) is 26.3 Å². The number of carbonyl (C=O) groups is 2. The van der Waals surface area contributed by atoms with E-state index in [1.165, 1.54) is 0 Å². The van der Waals surface area contributed by atoms with Crippen molar-refractivity contribution in [1.82, 2.24) is 20.5 Å². The van der Waals surface area contributed by atoms with Gasteiger partial charge < -0.3 is 5.32 Å². The summed E-state index contributed by atoms with van der Waals surface area (Å²) in [6, 6.07) is 8.98. The van der Waals surface area contributed by atoms with E-state index in [1.807, 2.05) is 38.1 Å². The van der Waals surface area contributed by atoms with Crippen LogP contribution in [-0.2, 0) is 4.79 Å². The molecular formula is C19H19N5O2. The van der Waals surface area contributed by atoms with Crippen molar-refractivity contribution >= 4 is 28.5 Å². The average molecular weight is 349 g/mol. The fourth-order valence-electron chi connectivity index (χ4n) is 3.31. The Labute approximate surface area is 150 Å². The van der Waals surface area contributed by atoms with E-state index in [4.69, 9.17) is 0 Å². The summed E-state index contributed by atoms with van der Waals surface area (Å²) in [6.45, 7) is 4.35. The van der Waals surface area contributed by atoms with Crippen molar-refractivity contribution in [2.75, 3.05) is 11.4 Å². The van der Waals surface area contributed by atoms with Gasteiger partial charge in [0.25, 0.3) is 11.8 Å². The van der Waals surface area contributed by atoms with Crippen LogP contribution in [0.5, 0.6) is 0 Å². The van der Waals surface area contributed by atoms with E-state index in [9.17, 15) is 9.59 Å². The van der Waals surface area contributed by atoms with Crippen LogP contribution in [0.2, 0.25) is 0 Å². The molecule has 4 rings (SSSR count). The number of anilines is 1. The lowest BCUT2D eigenvalue weighted by Gasteiger charge is -2.15. The molecule has 7 nitrogen and oxygen atoms in total. The number of aromatic nitrogens is 3. The van der Waals surface area contributed by atoms with Crippen LogP contribution >= 0.6 is 0 Å². The number of fused-ring (bicyclic) bond motifs is 1. The zero-order chi connectivity index (χ0) is 18.3. The van der Waals surface area contributed by atoms with Gasteiger partial charge in [0.15, 0.2) is 0 Å². The lowest BCUT2D eigenvalue weighted by Crippen LogP contribution is -2.41. The summed E-state index contributed by atoms with van der Waals surface area (Å²) in [4.78, 5) is 31.4. The number of H-pyrrole nitrogens is 1. The van der Waals surface area contributed by atoms with Gasteiger partial charge in [0, 0.05) is 18.0 Å². The highest BCUT2D eigenvalue weighted by Crippen LogP contribution is 2.21. The number of rotatable bonds is 3. The molecule has 1 aliphatic rings. The van der Waals surface area contributed by atoms with Gasteiger partial charge >= 0.3 is 0 Å². The van der Waals surface area contributed by atoms with Gasteiger partial charge in [-0.25, -0.2) is 0 Å². The maximum absolute atomic E-state index is 12.7. The first kappa shape index (κ1) is 16.3. The monoisotopic (exact) mass is 349 g/mol.